The first-order valence-electron chi connectivity index (χ1n) is 3.40. The van der Waals surface area contributed by atoms with Gasteiger partial charge in [-0.3, -0.25) is 0 Å². The fraction of sp³-hybridized carbons (Fsp3) is 0.857. The molecule has 0 aliphatic heterocycles. The monoisotopic (exact) mass is 125 g/mol. The lowest BCUT2D eigenvalue weighted by Gasteiger charge is -2.19. The zero-order valence-corrected chi connectivity index (χ0v) is 5.38. The summed E-state index contributed by atoms with van der Waals surface area (Å²) >= 11 is 0. The summed E-state index contributed by atoms with van der Waals surface area (Å²) in [4.78, 5) is 0. The molecule has 2 nitrogen and oxygen atoms in total. The highest BCUT2D eigenvalue weighted by Gasteiger charge is 2.17. The smallest absolute Gasteiger partial charge is 0.0655 e. The highest BCUT2D eigenvalue weighted by molar-refractivity contribution is 4.86. The molecule has 0 amide bonds. The Bertz CT molecular complexity index is 119. The maximum Gasteiger partial charge on any atom is 0.0655 e. The SMILES string of the molecule is N#C[C@H]1CC[C@H](O)CC1. The van der Waals surface area contributed by atoms with Crippen LogP contribution in [0.15, 0.2) is 0 Å². The third-order valence-corrected chi connectivity index (χ3v) is 1.88. The lowest BCUT2D eigenvalue weighted by atomic mass is 9.89. The van der Waals surface area contributed by atoms with Gasteiger partial charge in [0.1, 0.15) is 0 Å². The molecule has 50 valence electrons. The fourth-order valence-electron chi connectivity index (χ4n) is 1.20. The molecule has 0 aromatic carbocycles. The van der Waals surface area contributed by atoms with Crippen molar-refractivity contribution in [2.24, 2.45) is 5.92 Å². The van der Waals surface area contributed by atoms with E-state index in [-0.39, 0.29) is 12.0 Å². The first-order valence-corrected chi connectivity index (χ1v) is 3.40. The molecule has 1 N–H and O–H groups in total. The van der Waals surface area contributed by atoms with Crippen LogP contribution >= 0.6 is 0 Å². The Kier molecular flexibility index (Phi) is 2.07. The number of hydrogen-bond donors (Lipinski definition) is 1. The topological polar surface area (TPSA) is 44.0 Å². The Morgan fingerprint density at radius 2 is 1.78 bits per heavy atom. The van der Waals surface area contributed by atoms with Crippen LogP contribution in [-0.4, -0.2) is 11.2 Å². The molecule has 0 heterocycles. The summed E-state index contributed by atoms with van der Waals surface area (Å²) in [6, 6.07) is 2.21. The van der Waals surface area contributed by atoms with Gasteiger partial charge in [-0.05, 0) is 25.7 Å². The molecule has 2 heteroatoms. The average Bonchev–Trinajstić information content (AvgIpc) is 1.90. The molecule has 0 atom stereocenters. The second kappa shape index (κ2) is 2.84. The van der Waals surface area contributed by atoms with Crippen molar-refractivity contribution in [3.63, 3.8) is 0 Å². The number of nitrogens with zero attached hydrogens (tertiary/aromatic N) is 1. The van der Waals surface area contributed by atoms with Gasteiger partial charge < -0.3 is 5.11 Å². The minimum Gasteiger partial charge on any atom is -0.393 e. The van der Waals surface area contributed by atoms with E-state index in [0.29, 0.717) is 0 Å². The maximum atomic E-state index is 9.01. The maximum absolute atomic E-state index is 9.01. The van der Waals surface area contributed by atoms with Crippen LogP contribution in [0.25, 0.3) is 0 Å². The number of aliphatic hydroxyl groups excluding tert-OH is 1. The van der Waals surface area contributed by atoms with Crippen molar-refractivity contribution in [1.29, 1.82) is 5.26 Å². The van der Waals surface area contributed by atoms with E-state index in [0.717, 1.165) is 25.7 Å². The molecular formula is C7H11NO. The van der Waals surface area contributed by atoms with Gasteiger partial charge in [-0.15, -0.1) is 0 Å². The fourth-order valence-corrected chi connectivity index (χ4v) is 1.20. The second-order valence-electron chi connectivity index (χ2n) is 2.63. The zero-order chi connectivity index (χ0) is 6.69. The Morgan fingerprint density at radius 1 is 1.22 bits per heavy atom. The van der Waals surface area contributed by atoms with Crippen LogP contribution in [0, 0.1) is 17.2 Å². The Balaban J connectivity index is 2.28. The summed E-state index contributed by atoms with van der Waals surface area (Å²) in [5.74, 6) is 0.216. The van der Waals surface area contributed by atoms with Crippen LogP contribution in [0.1, 0.15) is 25.7 Å². The molecule has 0 spiro atoms. The van der Waals surface area contributed by atoms with Crippen LogP contribution in [0.2, 0.25) is 0 Å². The van der Waals surface area contributed by atoms with Crippen molar-refractivity contribution in [2.75, 3.05) is 0 Å². The quantitative estimate of drug-likeness (QED) is 0.526. The number of rotatable bonds is 0. The van der Waals surface area contributed by atoms with Gasteiger partial charge in [0.25, 0.3) is 0 Å². The van der Waals surface area contributed by atoms with E-state index in [4.69, 9.17) is 10.4 Å². The molecule has 0 aromatic heterocycles. The van der Waals surface area contributed by atoms with E-state index < -0.39 is 0 Å². The van der Waals surface area contributed by atoms with E-state index in [2.05, 4.69) is 6.07 Å². The van der Waals surface area contributed by atoms with Gasteiger partial charge in [-0.1, -0.05) is 0 Å². The van der Waals surface area contributed by atoms with E-state index in [1.165, 1.54) is 0 Å². The van der Waals surface area contributed by atoms with Crippen molar-refractivity contribution >= 4 is 0 Å². The van der Waals surface area contributed by atoms with Crippen molar-refractivity contribution < 1.29 is 5.11 Å². The first-order chi connectivity index (χ1) is 4.33. The first kappa shape index (κ1) is 6.57. The molecule has 1 aliphatic rings. The molecule has 1 aliphatic carbocycles. The van der Waals surface area contributed by atoms with Gasteiger partial charge in [0.15, 0.2) is 0 Å². The van der Waals surface area contributed by atoms with E-state index >= 15 is 0 Å². The lowest BCUT2D eigenvalue weighted by molar-refractivity contribution is 0.119. The van der Waals surface area contributed by atoms with Gasteiger partial charge in [0.2, 0.25) is 0 Å². The van der Waals surface area contributed by atoms with E-state index in [1.54, 1.807) is 0 Å². The van der Waals surface area contributed by atoms with Crippen LogP contribution in [0.4, 0.5) is 0 Å². The summed E-state index contributed by atoms with van der Waals surface area (Å²) in [6.45, 7) is 0. The minimum atomic E-state index is -0.130. The number of aliphatic hydroxyl groups is 1. The summed E-state index contributed by atoms with van der Waals surface area (Å²) in [7, 11) is 0. The Labute approximate surface area is 55.1 Å². The predicted molar refractivity (Wildman–Crippen MR) is 33.6 cm³/mol. The summed E-state index contributed by atoms with van der Waals surface area (Å²) in [5.41, 5.74) is 0. The lowest BCUT2D eigenvalue weighted by Crippen LogP contribution is -2.16. The van der Waals surface area contributed by atoms with Gasteiger partial charge >= 0.3 is 0 Å². The predicted octanol–water partition coefficient (Wildman–Crippen LogP) is 1.06. The summed E-state index contributed by atoms with van der Waals surface area (Å²) in [6.07, 6.45) is 3.28. The third-order valence-electron chi connectivity index (χ3n) is 1.88. The highest BCUT2D eigenvalue weighted by Crippen LogP contribution is 2.22. The van der Waals surface area contributed by atoms with Crippen molar-refractivity contribution in [1.82, 2.24) is 0 Å². The normalized spacial score (nSPS) is 35.6. The molecule has 1 fully saturated rings. The minimum absolute atomic E-state index is 0.130. The van der Waals surface area contributed by atoms with Gasteiger partial charge in [0, 0.05) is 5.92 Å². The summed E-state index contributed by atoms with van der Waals surface area (Å²) < 4.78 is 0. The van der Waals surface area contributed by atoms with E-state index in [1.807, 2.05) is 0 Å². The Hall–Kier alpha value is -0.550. The molecule has 0 radical (unpaired) electrons. The largest absolute Gasteiger partial charge is 0.393 e. The van der Waals surface area contributed by atoms with Gasteiger partial charge in [0.05, 0.1) is 12.2 Å². The van der Waals surface area contributed by atoms with Crippen molar-refractivity contribution in [3.8, 4) is 6.07 Å². The highest BCUT2D eigenvalue weighted by atomic mass is 16.3. The standard InChI is InChI=1S/C7H11NO/c8-5-6-1-3-7(9)4-2-6/h6-7,9H,1-4H2/t6-,7-. The average molecular weight is 125 g/mol. The molecule has 1 saturated carbocycles. The third kappa shape index (κ3) is 1.69. The molecular weight excluding hydrogens is 114 g/mol. The van der Waals surface area contributed by atoms with Crippen LogP contribution < -0.4 is 0 Å². The molecule has 0 unspecified atom stereocenters. The molecule has 0 bridgehead atoms. The molecule has 0 saturated heterocycles. The molecule has 1 rings (SSSR count). The molecule has 9 heavy (non-hydrogen) atoms. The van der Waals surface area contributed by atoms with Crippen LogP contribution in [0.5, 0.6) is 0 Å². The van der Waals surface area contributed by atoms with Crippen LogP contribution in [0.3, 0.4) is 0 Å². The van der Waals surface area contributed by atoms with Crippen molar-refractivity contribution in [2.45, 2.75) is 31.8 Å². The summed E-state index contributed by atoms with van der Waals surface area (Å²) in [5, 5.41) is 17.5. The van der Waals surface area contributed by atoms with Gasteiger partial charge in [-0.2, -0.15) is 5.26 Å². The number of hydrogen-bond acceptors (Lipinski definition) is 2. The van der Waals surface area contributed by atoms with E-state index in [9.17, 15) is 0 Å². The van der Waals surface area contributed by atoms with Crippen molar-refractivity contribution in [3.05, 3.63) is 0 Å². The molecule has 0 aromatic rings. The second-order valence-corrected chi connectivity index (χ2v) is 2.63. The number of nitriles is 1. The van der Waals surface area contributed by atoms with Crippen LogP contribution in [-0.2, 0) is 0 Å². The zero-order valence-electron chi connectivity index (χ0n) is 5.38. The van der Waals surface area contributed by atoms with Gasteiger partial charge in [-0.25, -0.2) is 0 Å². The Morgan fingerprint density at radius 3 is 2.22 bits per heavy atom.